The van der Waals surface area contributed by atoms with Crippen LogP contribution in [0, 0.1) is 6.92 Å². The van der Waals surface area contributed by atoms with Crippen molar-refractivity contribution in [3.05, 3.63) is 40.4 Å². The molecule has 0 radical (unpaired) electrons. The van der Waals surface area contributed by atoms with E-state index in [0.717, 1.165) is 0 Å². The average molecular weight is 336 g/mol. The predicted octanol–water partition coefficient (Wildman–Crippen LogP) is 4.13. The number of aromatic hydroxyl groups is 1. The minimum Gasteiger partial charge on any atom is -0.507 e. The molecule has 23 heavy (non-hydrogen) atoms. The van der Waals surface area contributed by atoms with Gasteiger partial charge in [0, 0.05) is 28.9 Å². The van der Waals surface area contributed by atoms with Crippen LogP contribution in [0.4, 0.5) is 5.69 Å². The molecule has 0 saturated heterocycles. The van der Waals surface area contributed by atoms with Gasteiger partial charge in [0.15, 0.2) is 11.5 Å². The zero-order valence-electron chi connectivity index (χ0n) is 13.4. The number of rotatable bonds is 5. The largest absolute Gasteiger partial charge is 0.507 e. The van der Waals surface area contributed by atoms with Gasteiger partial charge in [0.1, 0.15) is 5.75 Å². The minimum absolute atomic E-state index is 0.144. The van der Waals surface area contributed by atoms with Crippen LogP contribution in [-0.4, -0.2) is 32.7 Å². The van der Waals surface area contributed by atoms with Crippen LogP contribution in [-0.2, 0) is 0 Å². The smallest absolute Gasteiger partial charge is 0.203 e. The monoisotopic (exact) mass is 335 g/mol. The molecule has 0 aliphatic heterocycles. The first kappa shape index (κ1) is 17.0. The van der Waals surface area contributed by atoms with Crippen LogP contribution < -0.4 is 14.2 Å². The van der Waals surface area contributed by atoms with E-state index in [0.29, 0.717) is 39.1 Å². The third-order valence-electron chi connectivity index (χ3n) is 3.30. The molecule has 2 aromatic carbocycles. The van der Waals surface area contributed by atoms with Crippen molar-refractivity contribution in [3.8, 4) is 23.0 Å². The van der Waals surface area contributed by atoms with Crippen LogP contribution in [0.5, 0.6) is 23.0 Å². The highest BCUT2D eigenvalue weighted by Crippen LogP contribution is 2.40. The number of methoxy groups -OCH3 is 3. The lowest BCUT2D eigenvalue weighted by Crippen LogP contribution is -1.94. The fraction of sp³-hybridized carbons (Fsp3) is 0.235. The van der Waals surface area contributed by atoms with E-state index in [1.807, 2.05) is 0 Å². The zero-order chi connectivity index (χ0) is 17.0. The topological polar surface area (TPSA) is 60.3 Å². The van der Waals surface area contributed by atoms with E-state index < -0.39 is 0 Å². The highest BCUT2D eigenvalue weighted by atomic mass is 35.5. The third kappa shape index (κ3) is 3.68. The van der Waals surface area contributed by atoms with Crippen LogP contribution in [0.1, 0.15) is 11.1 Å². The quantitative estimate of drug-likeness (QED) is 0.834. The molecule has 0 atom stereocenters. The first-order chi connectivity index (χ1) is 11.0. The summed E-state index contributed by atoms with van der Waals surface area (Å²) < 4.78 is 15.8. The summed E-state index contributed by atoms with van der Waals surface area (Å²) in [5.74, 6) is 1.65. The number of benzene rings is 2. The van der Waals surface area contributed by atoms with Gasteiger partial charge in [0.25, 0.3) is 0 Å². The lowest BCUT2D eigenvalue weighted by atomic mass is 10.1. The highest BCUT2D eigenvalue weighted by Gasteiger charge is 2.13. The maximum atomic E-state index is 10.1. The number of hydrogen-bond acceptors (Lipinski definition) is 5. The van der Waals surface area contributed by atoms with E-state index >= 15 is 0 Å². The first-order valence-corrected chi connectivity index (χ1v) is 7.21. The summed E-state index contributed by atoms with van der Waals surface area (Å²) in [6, 6.07) is 6.76. The molecule has 122 valence electrons. The molecule has 0 unspecified atom stereocenters. The molecule has 1 N–H and O–H groups in total. The molecular formula is C17H18ClNO4. The predicted molar refractivity (Wildman–Crippen MR) is 91.2 cm³/mol. The lowest BCUT2D eigenvalue weighted by Gasteiger charge is -2.12. The Kier molecular flexibility index (Phi) is 5.34. The van der Waals surface area contributed by atoms with Gasteiger partial charge in [-0.25, -0.2) is 0 Å². The number of phenolic OH excluding ortho intramolecular Hbond substituents is 1. The number of hydrogen-bond donors (Lipinski definition) is 1. The molecule has 5 nitrogen and oxygen atoms in total. The van der Waals surface area contributed by atoms with Gasteiger partial charge in [0.05, 0.1) is 27.0 Å². The van der Waals surface area contributed by atoms with Crippen molar-refractivity contribution >= 4 is 23.5 Å². The van der Waals surface area contributed by atoms with Crippen LogP contribution in [0.3, 0.4) is 0 Å². The second-order valence-electron chi connectivity index (χ2n) is 4.80. The third-order valence-corrected chi connectivity index (χ3v) is 3.52. The number of aryl methyl sites for hydroxylation is 1. The Balaban J connectivity index is 2.44. The second kappa shape index (κ2) is 7.24. The highest BCUT2D eigenvalue weighted by molar-refractivity contribution is 6.31. The maximum Gasteiger partial charge on any atom is 0.203 e. The van der Waals surface area contributed by atoms with Crippen LogP contribution >= 0.6 is 11.6 Å². The molecule has 0 heterocycles. The molecule has 0 fully saturated rings. The first-order valence-electron chi connectivity index (χ1n) is 6.83. The van der Waals surface area contributed by atoms with Gasteiger partial charge in [-0.3, -0.25) is 4.99 Å². The van der Waals surface area contributed by atoms with Gasteiger partial charge in [-0.15, -0.1) is 0 Å². The fourth-order valence-corrected chi connectivity index (χ4v) is 2.43. The number of halogens is 1. The van der Waals surface area contributed by atoms with Gasteiger partial charge in [0.2, 0.25) is 5.75 Å². The Hall–Kier alpha value is -2.40. The standard InChI is InChI=1S/C17H18ClNO4/c1-10-5-12(18)6-11(16(10)20)9-19-13-7-14(21-2)17(23-4)15(8-13)22-3/h5-9,20H,1-4H3. The normalized spacial score (nSPS) is 10.8. The fourth-order valence-electron chi connectivity index (χ4n) is 2.15. The molecule has 2 aromatic rings. The van der Waals surface area contributed by atoms with Crippen molar-refractivity contribution in [2.24, 2.45) is 4.99 Å². The number of aliphatic imine (C=N–C) groups is 1. The van der Waals surface area contributed by atoms with Gasteiger partial charge in [-0.05, 0) is 24.6 Å². The molecule has 0 spiro atoms. The lowest BCUT2D eigenvalue weighted by molar-refractivity contribution is 0.324. The van der Waals surface area contributed by atoms with Crippen molar-refractivity contribution in [2.45, 2.75) is 6.92 Å². The molecule has 0 amide bonds. The summed E-state index contributed by atoms with van der Waals surface area (Å²) in [6.07, 6.45) is 1.54. The summed E-state index contributed by atoms with van der Waals surface area (Å²) in [5.41, 5.74) is 1.81. The summed E-state index contributed by atoms with van der Waals surface area (Å²) in [6.45, 7) is 1.78. The molecule has 0 bridgehead atoms. The Morgan fingerprint density at radius 1 is 1.00 bits per heavy atom. The average Bonchev–Trinajstić information content (AvgIpc) is 2.55. The molecule has 0 saturated carbocycles. The van der Waals surface area contributed by atoms with E-state index in [2.05, 4.69) is 4.99 Å². The molecule has 0 aliphatic carbocycles. The molecular weight excluding hydrogens is 318 g/mol. The van der Waals surface area contributed by atoms with Gasteiger partial charge in [-0.2, -0.15) is 0 Å². The van der Waals surface area contributed by atoms with Crippen LogP contribution in [0.25, 0.3) is 0 Å². The number of nitrogens with zero attached hydrogens (tertiary/aromatic N) is 1. The molecule has 6 heteroatoms. The summed E-state index contributed by atoms with van der Waals surface area (Å²) in [4.78, 5) is 4.35. The van der Waals surface area contributed by atoms with E-state index in [1.165, 1.54) is 27.5 Å². The summed E-state index contributed by atoms with van der Waals surface area (Å²) >= 11 is 6.01. The summed E-state index contributed by atoms with van der Waals surface area (Å²) in [5, 5.41) is 10.6. The van der Waals surface area contributed by atoms with E-state index in [-0.39, 0.29) is 5.75 Å². The van der Waals surface area contributed by atoms with Gasteiger partial charge in [-0.1, -0.05) is 11.6 Å². The van der Waals surface area contributed by atoms with Gasteiger partial charge < -0.3 is 19.3 Å². The Bertz CT molecular complexity index is 719. The Morgan fingerprint density at radius 2 is 1.61 bits per heavy atom. The van der Waals surface area contributed by atoms with Gasteiger partial charge >= 0.3 is 0 Å². The SMILES string of the molecule is COc1cc(N=Cc2cc(Cl)cc(C)c2O)cc(OC)c1OC. The van der Waals surface area contributed by atoms with E-state index in [9.17, 15) is 5.11 Å². The van der Waals surface area contributed by atoms with E-state index in [4.69, 9.17) is 25.8 Å². The Labute approximate surface area is 140 Å². The molecule has 2 rings (SSSR count). The van der Waals surface area contributed by atoms with Crippen molar-refractivity contribution in [2.75, 3.05) is 21.3 Å². The molecule has 0 aromatic heterocycles. The van der Waals surface area contributed by atoms with Crippen molar-refractivity contribution < 1.29 is 19.3 Å². The van der Waals surface area contributed by atoms with Crippen LogP contribution in [0.15, 0.2) is 29.3 Å². The number of ether oxygens (including phenoxy) is 3. The second-order valence-corrected chi connectivity index (χ2v) is 5.24. The summed E-state index contributed by atoms with van der Waals surface area (Å²) in [7, 11) is 4.62. The van der Waals surface area contributed by atoms with Crippen molar-refractivity contribution in [3.63, 3.8) is 0 Å². The Morgan fingerprint density at radius 3 is 2.13 bits per heavy atom. The molecule has 0 aliphatic rings. The number of phenols is 1. The van der Waals surface area contributed by atoms with Crippen molar-refractivity contribution in [1.82, 2.24) is 0 Å². The zero-order valence-corrected chi connectivity index (χ0v) is 14.1. The minimum atomic E-state index is 0.144. The van der Waals surface area contributed by atoms with Crippen LogP contribution in [0.2, 0.25) is 5.02 Å². The van der Waals surface area contributed by atoms with E-state index in [1.54, 1.807) is 31.2 Å². The van der Waals surface area contributed by atoms with Crippen molar-refractivity contribution in [1.29, 1.82) is 0 Å². The maximum absolute atomic E-state index is 10.1.